The summed E-state index contributed by atoms with van der Waals surface area (Å²) in [5.74, 6) is -1.61. The van der Waals surface area contributed by atoms with E-state index in [2.05, 4.69) is 4.74 Å². The van der Waals surface area contributed by atoms with Gasteiger partial charge in [0, 0.05) is 0 Å². The van der Waals surface area contributed by atoms with Gasteiger partial charge in [0.1, 0.15) is 5.75 Å². The molecule has 5 nitrogen and oxygen atoms in total. The van der Waals surface area contributed by atoms with E-state index >= 15 is 0 Å². The summed E-state index contributed by atoms with van der Waals surface area (Å²) in [6.07, 6.45) is -0.174. The van der Waals surface area contributed by atoms with Crippen molar-refractivity contribution in [3.63, 3.8) is 0 Å². The Hall–Kier alpha value is -2.04. The minimum atomic E-state index is -0.988. The van der Waals surface area contributed by atoms with Crippen LogP contribution in [0.4, 0.5) is 0 Å². The second-order valence-corrected chi connectivity index (χ2v) is 4.26. The molecule has 0 aliphatic heterocycles. The highest BCUT2D eigenvalue weighted by Gasteiger charge is 2.15. The number of rotatable bonds is 3. The minimum Gasteiger partial charge on any atom is -0.507 e. The molecule has 5 heteroatoms. The average molecular weight is 268 g/mol. The molecule has 1 aromatic carbocycles. The van der Waals surface area contributed by atoms with E-state index in [1.807, 2.05) is 32.0 Å². The molecule has 1 aromatic rings. The van der Waals surface area contributed by atoms with Crippen LogP contribution in [0.15, 0.2) is 18.2 Å². The molecule has 19 heavy (non-hydrogen) atoms. The maximum atomic E-state index is 10.6. The summed E-state index contributed by atoms with van der Waals surface area (Å²) in [5, 5.41) is 17.4. The third kappa shape index (κ3) is 6.45. The van der Waals surface area contributed by atoms with Crippen LogP contribution < -0.4 is 0 Å². The lowest BCUT2D eigenvalue weighted by atomic mass is 10.1. The van der Waals surface area contributed by atoms with E-state index in [0.29, 0.717) is 5.75 Å². The van der Waals surface area contributed by atoms with E-state index in [9.17, 15) is 14.7 Å². The predicted octanol–water partition coefficient (Wildman–Crippen LogP) is 2.28. The predicted molar refractivity (Wildman–Crippen MR) is 71.0 cm³/mol. The third-order valence-electron chi connectivity index (χ3n) is 2.52. The van der Waals surface area contributed by atoms with E-state index in [4.69, 9.17) is 5.11 Å². The number of carboxylic acid groups (broad SMARTS) is 1. The number of carboxylic acids is 1. The second kappa shape index (κ2) is 8.13. The number of benzene rings is 1. The number of ether oxygens (including phenoxy) is 1. The Balaban J connectivity index is 0.000000342. The standard InChI is InChI=1S/C8H10O.C6H10O4/c1-6-4-3-5-7(2)8(6)9;1-4(3-5(7)8)6(9)10-2/h3-5,9H,1-2H3;4H,3H2,1-2H3,(H,7,8). The number of methoxy groups -OCH3 is 1. The number of carbonyl (C=O) groups is 2. The lowest BCUT2D eigenvalue weighted by molar-refractivity contribution is -0.150. The lowest BCUT2D eigenvalue weighted by Gasteiger charge is -2.03. The Morgan fingerprint density at radius 1 is 1.26 bits per heavy atom. The molecule has 0 radical (unpaired) electrons. The molecular formula is C14H20O5. The summed E-state index contributed by atoms with van der Waals surface area (Å²) in [5.41, 5.74) is 1.88. The quantitative estimate of drug-likeness (QED) is 0.822. The molecule has 0 fully saturated rings. The third-order valence-corrected chi connectivity index (χ3v) is 2.52. The van der Waals surface area contributed by atoms with Gasteiger partial charge in [-0.25, -0.2) is 0 Å². The molecule has 0 aromatic heterocycles. The number of esters is 1. The first-order valence-electron chi connectivity index (χ1n) is 5.84. The number of aliphatic carboxylic acids is 1. The van der Waals surface area contributed by atoms with Crippen molar-refractivity contribution in [2.45, 2.75) is 27.2 Å². The molecule has 2 N–H and O–H groups in total. The summed E-state index contributed by atoms with van der Waals surface area (Å²) >= 11 is 0. The Labute approximate surface area is 112 Å². The minimum absolute atomic E-state index is 0.174. The zero-order valence-corrected chi connectivity index (χ0v) is 11.6. The zero-order valence-electron chi connectivity index (χ0n) is 11.6. The van der Waals surface area contributed by atoms with Gasteiger partial charge in [0.05, 0.1) is 19.4 Å². The van der Waals surface area contributed by atoms with E-state index in [0.717, 1.165) is 11.1 Å². The molecule has 1 unspecified atom stereocenters. The number of hydrogen-bond acceptors (Lipinski definition) is 4. The Bertz CT molecular complexity index is 419. The van der Waals surface area contributed by atoms with Crippen LogP contribution in [-0.2, 0) is 14.3 Å². The van der Waals surface area contributed by atoms with Crippen LogP contribution in [0.1, 0.15) is 24.5 Å². The fraction of sp³-hybridized carbons (Fsp3) is 0.429. The van der Waals surface area contributed by atoms with Gasteiger partial charge in [-0.3, -0.25) is 9.59 Å². The van der Waals surface area contributed by atoms with Crippen LogP contribution in [0.25, 0.3) is 0 Å². The highest BCUT2D eigenvalue weighted by molar-refractivity contribution is 5.78. The Morgan fingerprint density at radius 2 is 1.74 bits per heavy atom. The molecule has 0 amide bonds. The lowest BCUT2D eigenvalue weighted by Crippen LogP contribution is -2.16. The largest absolute Gasteiger partial charge is 0.507 e. The van der Waals surface area contributed by atoms with Crippen molar-refractivity contribution in [2.24, 2.45) is 5.92 Å². The van der Waals surface area contributed by atoms with Gasteiger partial charge in [-0.05, 0) is 25.0 Å². The van der Waals surface area contributed by atoms with Crippen LogP contribution in [0.5, 0.6) is 5.75 Å². The van der Waals surface area contributed by atoms with Gasteiger partial charge in [0.25, 0.3) is 0 Å². The number of aromatic hydroxyl groups is 1. The molecule has 106 valence electrons. The van der Waals surface area contributed by atoms with E-state index in [1.165, 1.54) is 14.0 Å². The molecule has 0 aliphatic carbocycles. The highest BCUT2D eigenvalue weighted by Crippen LogP contribution is 2.19. The monoisotopic (exact) mass is 268 g/mol. The van der Waals surface area contributed by atoms with Gasteiger partial charge in [0.2, 0.25) is 0 Å². The first-order chi connectivity index (χ1) is 8.79. The van der Waals surface area contributed by atoms with Crippen molar-refractivity contribution < 1.29 is 24.5 Å². The number of phenols is 1. The first-order valence-corrected chi connectivity index (χ1v) is 5.84. The molecule has 1 atom stereocenters. The van der Waals surface area contributed by atoms with Crippen molar-refractivity contribution in [2.75, 3.05) is 7.11 Å². The van der Waals surface area contributed by atoms with E-state index < -0.39 is 17.9 Å². The molecule has 0 bridgehead atoms. The molecule has 0 spiro atoms. The zero-order chi connectivity index (χ0) is 15.0. The second-order valence-electron chi connectivity index (χ2n) is 4.26. The van der Waals surface area contributed by atoms with Gasteiger partial charge in [-0.15, -0.1) is 0 Å². The normalized spacial score (nSPS) is 10.9. The van der Waals surface area contributed by atoms with Gasteiger partial charge in [-0.1, -0.05) is 25.1 Å². The summed E-state index contributed by atoms with van der Waals surface area (Å²) in [7, 11) is 1.24. The molecule has 0 aliphatic rings. The number of hydrogen-bond donors (Lipinski definition) is 2. The molecule has 0 heterocycles. The summed E-state index contributed by atoms with van der Waals surface area (Å²) in [6, 6.07) is 5.72. The van der Waals surface area contributed by atoms with Crippen molar-refractivity contribution in [3.8, 4) is 5.75 Å². The van der Waals surface area contributed by atoms with Crippen LogP contribution in [-0.4, -0.2) is 29.3 Å². The van der Waals surface area contributed by atoms with Gasteiger partial charge >= 0.3 is 11.9 Å². The van der Waals surface area contributed by atoms with Gasteiger partial charge in [-0.2, -0.15) is 0 Å². The Morgan fingerprint density at radius 3 is 2.05 bits per heavy atom. The molecule has 0 saturated heterocycles. The van der Waals surface area contributed by atoms with E-state index in [-0.39, 0.29) is 6.42 Å². The van der Waals surface area contributed by atoms with Crippen LogP contribution >= 0.6 is 0 Å². The van der Waals surface area contributed by atoms with Crippen molar-refractivity contribution >= 4 is 11.9 Å². The van der Waals surface area contributed by atoms with Crippen molar-refractivity contribution in [3.05, 3.63) is 29.3 Å². The van der Waals surface area contributed by atoms with Crippen LogP contribution in [0.3, 0.4) is 0 Å². The van der Waals surface area contributed by atoms with Crippen LogP contribution in [0.2, 0.25) is 0 Å². The average Bonchev–Trinajstić information content (AvgIpc) is 2.34. The topological polar surface area (TPSA) is 83.8 Å². The maximum absolute atomic E-state index is 10.6. The summed E-state index contributed by atoms with van der Waals surface area (Å²) < 4.78 is 4.31. The van der Waals surface area contributed by atoms with Crippen LogP contribution in [0, 0.1) is 19.8 Å². The van der Waals surface area contributed by atoms with Gasteiger partial charge in [0.15, 0.2) is 0 Å². The number of phenolic OH excluding ortho intramolecular Hbond substituents is 1. The number of para-hydroxylation sites is 1. The smallest absolute Gasteiger partial charge is 0.308 e. The van der Waals surface area contributed by atoms with Crippen molar-refractivity contribution in [1.29, 1.82) is 0 Å². The number of carbonyl (C=O) groups excluding carboxylic acids is 1. The fourth-order valence-corrected chi connectivity index (χ4v) is 1.35. The fourth-order valence-electron chi connectivity index (χ4n) is 1.35. The maximum Gasteiger partial charge on any atom is 0.308 e. The molecule has 1 rings (SSSR count). The molecular weight excluding hydrogens is 248 g/mol. The summed E-state index contributed by atoms with van der Waals surface area (Å²) in [6.45, 7) is 5.30. The first kappa shape index (κ1) is 17.0. The van der Waals surface area contributed by atoms with Gasteiger partial charge < -0.3 is 14.9 Å². The SMILES string of the molecule is COC(=O)C(C)CC(=O)O.Cc1cccc(C)c1O. The van der Waals surface area contributed by atoms with E-state index in [1.54, 1.807) is 0 Å². The number of aryl methyl sites for hydroxylation is 2. The molecule has 0 saturated carbocycles. The summed E-state index contributed by atoms with van der Waals surface area (Å²) in [4.78, 5) is 20.6. The Kier molecular flexibility index (Phi) is 7.26. The van der Waals surface area contributed by atoms with Crippen molar-refractivity contribution in [1.82, 2.24) is 0 Å². The highest BCUT2D eigenvalue weighted by atomic mass is 16.5.